The molecule has 0 unspecified atom stereocenters. The van der Waals surface area contributed by atoms with Crippen LogP contribution in [0.1, 0.15) is 15.2 Å². The standard InChI is InChI=1S/C13H10O2S/c14-11(13-12(15)8-9-16-13)7-6-10-4-2-1-3-5-10/h1-9,15H/b7-6+. The highest BCUT2D eigenvalue weighted by atomic mass is 32.1. The Hall–Kier alpha value is -1.87. The highest BCUT2D eigenvalue weighted by molar-refractivity contribution is 7.12. The number of hydrogen-bond acceptors (Lipinski definition) is 3. The number of hydrogen-bond donors (Lipinski definition) is 1. The van der Waals surface area contributed by atoms with E-state index in [9.17, 15) is 9.90 Å². The van der Waals surface area contributed by atoms with Gasteiger partial charge < -0.3 is 5.11 Å². The van der Waals surface area contributed by atoms with Crippen molar-refractivity contribution in [1.82, 2.24) is 0 Å². The first-order valence-corrected chi connectivity index (χ1v) is 5.69. The summed E-state index contributed by atoms with van der Waals surface area (Å²) in [4.78, 5) is 12.0. The zero-order valence-electron chi connectivity index (χ0n) is 8.46. The smallest absolute Gasteiger partial charge is 0.199 e. The van der Waals surface area contributed by atoms with Crippen molar-refractivity contribution >= 4 is 23.2 Å². The zero-order valence-corrected chi connectivity index (χ0v) is 9.28. The molecule has 0 saturated carbocycles. The van der Waals surface area contributed by atoms with Crippen LogP contribution in [0.5, 0.6) is 5.75 Å². The van der Waals surface area contributed by atoms with Gasteiger partial charge in [0.1, 0.15) is 10.6 Å². The first kappa shape index (κ1) is 10.6. The van der Waals surface area contributed by atoms with Crippen LogP contribution in [0.15, 0.2) is 47.9 Å². The number of carbonyl (C=O) groups is 1. The Balaban J connectivity index is 2.15. The average Bonchev–Trinajstić information content (AvgIpc) is 2.74. The van der Waals surface area contributed by atoms with Crippen molar-refractivity contribution in [3.05, 3.63) is 58.3 Å². The molecule has 0 aliphatic heterocycles. The number of benzene rings is 1. The van der Waals surface area contributed by atoms with Crippen LogP contribution < -0.4 is 0 Å². The normalized spacial score (nSPS) is 10.8. The molecule has 2 rings (SSSR count). The maximum absolute atomic E-state index is 11.7. The third-order valence-electron chi connectivity index (χ3n) is 2.09. The minimum absolute atomic E-state index is 0.0488. The van der Waals surface area contributed by atoms with Crippen LogP contribution in [0.2, 0.25) is 0 Å². The lowest BCUT2D eigenvalue weighted by atomic mass is 10.2. The molecule has 1 N–H and O–H groups in total. The topological polar surface area (TPSA) is 37.3 Å². The Kier molecular flexibility index (Phi) is 3.17. The SMILES string of the molecule is O=C(/C=C/c1ccccc1)c1sccc1O. The third kappa shape index (κ3) is 2.38. The summed E-state index contributed by atoms with van der Waals surface area (Å²) in [6, 6.07) is 11.1. The van der Waals surface area contributed by atoms with Gasteiger partial charge in [0.15, 0.2) is 5.78 Å². The van der Waals surface area contributed by atoms with E-state index in [2.05, 4.69) is 0 Å². The van der Waals surface area contributed by atoms with Crippen molar-refractivity contribution in [2.75, 3.05) is 0 Å². The summed E-state index contributed by atoms with van der Waals surface area (Å²) in [5.41, 5.74) is 0.965. The summed E-state index contributed by atoms with van der Waals surface area (Å²) in [5.74, 6) is -0.121. The van der Waals surface area contributed by atoms with Crippen molar-refractivity contribution in [3.8, 4) is 5.75 Å². The Labute approximate surface area is 97.5 Å². The number of carbonyl (C=O) groups excluding carboxylic acids is 1. The summed E-state index contributed by atoms with van der Waals surface area (Å²) >= 11 is 1.24. The molecule has 0 fully saturated rings. The Bertz CT molecular complexity index is 512. The molecule has 1 aromatic heterocycles. The lowest BCUT2D eigenvalue weighted by Gasteiger charge is -1.92. The number of allylic oxidation sites excluding steroid dienone is 1. The van der Waals surface area contributed by atoms with Crippen LogP contribution >= 0.6 is 11.3 Å². The molecule has 0 radical (unpaired) electrons. The van der Waals surface area contributed by atoms with Crippen LogP contribution in [0.3, 0.4) is 0 Å². The van der Waals surface area contributed by atoms with Crippen molar-refractivity contribution in [2.45, 2.75) is 0 Å². The third-order valence-corrected chi connectivity index (χ3v) is 3.01. The van der Waals surface area contributed by atoms with Gasteiger partial charge in [0.25, 0.3) is 0 Å². The van der Waals surface area contributed by atoms with E-state index >= 15 is 0 Å². The van der Waals surface area contributed by atoms with E-state index in [0.717, 1.165) is 5.56 Å². The van der Waals surface area contributed by atoms with E-state index in [1.807, 2.05) is 30.3 Å². The molecular weight excluding hydrogens is 220 g/mol. The van der Waals surface area contributed by atoms with Gasteiger partial charge in [0.05, 0.1) is 0 Å². The maximum atomic E-state index is 11.7. The van der Waals surface area contributed by atoms with Crippen LogP contribution in [-0.4, -0.2) is 10.9 Å². The van der Waals surface area contributed by atoms with E-state index in [1.165, 1.54) is 23.5 Å². The second kappa shape index (κ2) is 4.77. The predicted molar refractivity (Wildman–Crippen MR) is 65.8 cm³/mol. The van der Waals surface area contributed by atoms with Gasteiger partial charge in [0.2, 0.25) is 0 Å². The number of thiophene rings is 1. The Morgan fingerprint density at radius 2 is 1.94 bits per heavy atom. The molecule has 1 aromatic carbocycles. The largest absolute Gasteiger partial charge is 0.506 e. The van der Waals surface area contributed by atoms with Crippen LogP contribution in [0, 0.1) is 0 Å². The van der Waals surface area contributed by atoms with Crippen molar-refractivity contribution in [1.29, 1.82) is 0 Å². The van der Waals surface area contributed by atoms with Gasteiger partial charge in [-0.2, -0.15) is 0 Å². The minimum Gasteiger partial charge on any atom is -0.506 e. The summed E-state index contributed by atoms with van der Waals surface area (Å²) in [5, 5.41) is 11.1. The summed E-state index contributed by atoms with van der Waals surface area (Å²) in [7, 11) is 0. The summed E-state index contributed by atoms with van der Waals surface area (Å²) < 4.78 is 0. The molecule has 0 bridgehead atoms. The quantitative estimate of drug-likeness (QED) is 0.648. The fraction of sp³-hybridized carbons (Fsp3) is 0. The Morgan fingerprint density at radius 3 is 2.56 bits per heavy atom. The lowest BCUT2D eigenvalue weighted by molar-refractivity contribution is 0.104. The van der Waals surface area contributed by atoms with E-state index < -0.39 is 0 Å². The van der Waals surface area contributed by atoms with E-state index in [-0.39, 0.29) is 11.5 Å². The lowest BCUT2D eigenvalue weighted by Crippen LogP contribution is -1.89. The molecule has 2 aromatic rings. The number of aromatic hydroxyl groups is 1. The molecule has 3 heteroatoms. The molecule has 0 aliphatic carbocycles. The van der Waals surface area contributed by atoms with Crippen molar-refractivity contribution in [2.24, 2.45) is 0 Å². The molecule has 0 amide bonds. The predicted octanol–water partition coefficient (Wildman–Crippen LogP) is 3.35. The van der Waals surface area contributed by atoms with Crippen LogP contribution in [0.25, 0.3) is 6.08 Å². The van der Waals surface area contributed by atoms with Gasteiger partial charge >= 0.3 is 0 Å². The van der Waals surface area contributed by atoms with Gasteiger partial charge in [0, 0.05) is 0 Å². The van der Waals surface area contributed by atoms with E-state index in [0.29, 0.717) is 4.88 Å². The second-order valence-corrected chi connectivity index (χ2v) is 4.16. The van der Waals surface area contributed by atoms with Crippen molar-refractivity contribution in [3.63, 3.8) is 0 Å². The molecule has 0 atom stereocenters. The van der Waals surface area contributed by atoms with Crippen molar-refractivity contribution < 1.29 is 9.90 Å². The summed E-state index contributed by atoms with van der Waals surface area (Å²) in [6.45, 7) is 0. The first-order valence-electron chi connectivity index (χ1n) is 4.81. The molecular formula is C13H10O2S. The van der Waals surface area contributed by atoms with Crippen LogP contribution in [0.4, 0.5) is 0 Å². The first-order chi connectivity index (χ1) is 7.77. The Morgan fingerprint density at radius 1 is 1.19 bits per heavy atom. The molecule has 2 nitrogen and oxygen atoms in total. The number of ketones is 1. The molecule has 1 heterocycles. The fourth-order valence-electron chi connectivity index (χ4n) is 1.30. The average molecular weight is 230 g/mol. The van der Waals surface area contributed by atoms with Gasteiger partial charge in [-0.05, 0) is 23.1 Å². The van der Waals surface area contributed by atoms with Gasteiger partial charge in [-0.3, -0.25) is 4.79 Å². The minimum atomic E-state index is -0.170. The zero-order chi connectivity index (χ0) is 11.4. The van der Waals surface area contributed by atoms with Gasteiger partial charge in [-0.1, -0.05) is 36.4 Å². The maximum Gasteiger partial charge on any atom is 0.199 e. The van der Waals surface area contributed by atoms with Crippen LogP contribution in [-0.2, 0) is 0 Å². The molecule has 0 spiro atoms. The van der Waals surface area contributed by atoms with Gasteiger partial charge in [-0.15, -0.1) is 11.3 Å². The van der Waals surface area contributed by atoms with Gasteiger partial charge in [-0.25, -0.2) is 0 Å². The molecule has 16 heavy (non-hydrogen) atoms. The van der Waals surface area contributed by atoms with E-state index in [1.54, 1.807) is 11.5 Å². The number of rotatable bonds is 3. The fourth-order valence-corrected chi connectivity index (χ4v) is 2.00. The second-order valence-electron chi connectivity index (χ2n) is 3.24. The highest BCUT2D eigenvalue weighted by Gasteiger charge is 2.08. The molecule has 0 aliphatic rings. The highest BCUT2D eigenvalue weighted by Crippen LogP contribution is 2.23. The van der Waals surface area contributed by atoms with E-state index in [4.69, 9.17) is 0 Å². The molecule has 80 valence electrons. The monoisotopic (exact) mass is 230 g/mol. The molecule has 0 saturated heterocycles. The summed E-state index contributed by atoms with van der Waals surface area (Å²) in [6.07, 6.45) is 3.21.